The lowest BCUT2D eigenvalue weighted by molar-refractivity contribution is -0.140. The van der Waals surface area contributed by atoms with E-state index < -0.39 is 32.7 Å². The fraction of sp³-hybridized carbons (Fsp3) is 0.818. The van der Waals surface area contributed by atoms with E-state index >= 15 is 0 Å². The zero-order chi connectivity index (χ0) is 24.5. The first kappa shape index (κ1) is 28.4. The average Bonchev–Trinajstić information content (AvgIpc) is 3.01. The number of carbonyl (C=O) groups is 2. The van der Waals surface area contributed by atoms with Crippen LogP contribution in [0.2, 0.25) is 0 Å². The van der Waals surface area contributed by atoms with Crippen molar-refractivity contribution in [1.29, 1.82) is 0 Å². The topological polar surface area (TPSA) is 108 Å². The van der Waals surface area contributed by atoms with Crippen molar-refractivity contribution < 1.29 is 36.8 Å². The Morgan fingerprint density at radius 3 is 2.00 bits per heavy atom. The number of unbranched alkanes of at least 4 members (excludes halogenated alkanes) is 3. The van der Waals surface area contributed by atoms with Gasteiger partial charge in [-0.05, 0) is 47.0 Å². The summed E-state index contributed by atoms with van der Waals surface area (Å²) in [6.07, 6.45) is 7.24. The number of nitrogens with zero attached hydrogens (tertiary/aromatic N) is 1. The Kier molecular flexibility index (Phi) is 11.5. The van der Waals surface area contributed by atoms with Crippen LogP contribution in [0.1, 0.15) is 59.8 Å². The van der Waals surface area contributed by atoms with Crippen LogP contribution in [0, 0.1) is 11.8 Å². The monoisotopic (exact) mass is 507 g/mol. The van der Waals surface area contributed by atoms with Crippen molar-refractivity contribution in [3.05, 3.63) is 12.2 Å². The minimum absolute atomic E-state index is 0.199. The normalized spacial score (nSPS) is 23.4. The molecule has 0 spiro atoms. The highest BCUT2D eigenvalue weighted by molar-refractivity contribution is 7.55. The molecule has 0 radical (unpaired) electrons. The zero-order valence-electron chi connectivity index (χ0n) is 20.3. The van der Waals surface area contributed by atoms with Crippen molar-refractivity contribution in [1.82, 2.24) is 4.90 Å². The van der Waals surface area contributed by atoms with Gasteiger partial charge in [0, 0.05) is 6.54 Å². The zero-order valence-corrected chi connectivity index (χ0v) is 22.1. The number of rotatable bonds is 16. The Morgan fingerprint density at radius 2 is 1.42 bits per heavy atom. The third-order valence-corrected chi connectivity index (χ3v) is 10.5. The smallest absolute Gasteiger partial charge is 0.309 e. The Morgan fingerprint density at radius 1 is 0.848 bits per heavy atom. The number of hydrogen-bond donors (Lipinski definition) is 0. The quantitative estimate of drug-likeness (QED) is 0.124. The second kappa shape index (κ2) is 13.3. The van der Waals surface area contributed by atoms with E-state index in [1.807, 2.05) is 0 Å². The molecular formula is C22H39NO8P2. The van der Waals surface area contributed by atoms with E-state index in [1.165, 1.54) is 4.90 Å². The molecule has 0 N–H and O–H groups in total. The summed E-state index contributed by atoms with van der Waals surface area (Å²) in [5, 5.41) is 0. The maximum atomic E-state index is 13.4. The fourth-order valence-electron chi connectivity index (χ4n) is 4.51. The van der Waals surface area contributed by atoms with Crippen molar-refractivity contribution in [2.24, 2.45) is 11.8 Å². The molecule has 1 aliphatic heterocycles. The number of carbonyl (C=O) groups excluding carboxylic acids is 2. The summed E-state index contributed by atoms with van der Waals surface area (Å²) in [7, 11) is -6.60. The second-order valence-electron chi connectivity index (χ2n) is 8.07. The molecule has 11 heteroatoms. The van der Waals surface area contributed by atoms with E-state index in [0.29, 0.717) is 45.2 Å². The molecular weight excluding hydrogens is 468 g/mol. The van der Waals surface area contributed by atoms with Crippen LogP contribution in [0.25, 0.3) is 0 Å². The molecule has 9 nitrogen and oxygen atoms in total. The summed E-state index contributed by atoms with van der Waals surface area (Å²) < 4.78 is 47.4. The fourth-order valence-corrected chi connectivity index (χ4v) is 8.44. The van der Waals surface area contributed by atoms with Gasteiger partial charge < -0.3 is 18.1 Å². The number of allylic oxidation sites excluding steroid dienone is 2. The van der Waals surface area contributed by atoms with E-state index in [2.05, 4.69) is 0 Å². The lowest BCUT2D eigenvalue weighted by Crippen LogP contribution is -2.35. The van der Waals surface area contributed by atoms with Crippen molar-refractivity contribution in [3.8, 4) is 0 Å². The summed E-state index contributed by atoms with van der Waals surface area (Å²) in [6.45, 7) is 8.43. The van der Waals surface area contributed by atoms with Crippen LogP contribution in [0.3, 0.4) is 0 Å². The molecule has 1 aliphatic carbocycles. The molecule has 0 saturated carbocycles. The molecule has 0 aromatic rings. The van der Waals surface area contributed by atoms with Crippen LogP contribution < -0.4 is 0 Å². The molecule has 2 rings (SSSR count). The lowest BCUT2D eigenvalue weighted by atomic mass is 9.85. The summed E-state index contributed by atoms with van der Waals surface area (Å²) in [5.74, 6) is -1.74. The summed E-state index contributed by atoms with van der Waals surface area (Å²) >= 11 is 0. The first-order valence-electron chi connectivity index (χ1n) is 12.1. The lowest BCUT2D eigenvalue weighted by Gasteiger charge is -2.31. The molecule has 0 aromatic carbocycles. The minimum atomic E-state index is -3.56. The largest absolute Gasteiger partial charge is 0.338 e. The number of fused-ring (bicyclic) bond motifs is 1. The van der Waals surface area contributed by atoms with Crippen molar-refractivity contribution in [2.75, 3.05) is 39.1 Å². The van der Waals surface area contributed by atoms with Gasteiger partial charge in [0.2, 0.25) is 11.8 Å². The average molecular weight is 508 g/mol. The first-order valence-corrected chi connectivity index (χ1v) is 15.4. The first-order chi connectivity index (χ1) is 15.8. The predicted molar refractivity (Wildman–Crippen MR) is 126 cm³/mol. The van der Waals surface area contributed by atoms with E-state index in [1.54, 1.807) is 39.8 Å². The molecule has 190 valence electrons. The van der Waals surface area contributed by atoms with Gasteiger partial charge in [0.15, 0.2) is 0 Å². The van der Waals surface area contributed by atoms with Gasteiger partial charge in [-0.3, -0.25) is 23.6 Å². The molecule has 0 unspecified atom stereocenters. The summed E-state index contributed by atoms with van der Waals surface area (Å²) in [5.41, 5.74) is -0.746. The number of hydrogen-bond acceptors (Lipinski definition) is 8. The molecule has 1 heterocycles. The van der Waals surface area contributed by atoms with Gasteiger partial charge in [0.05, 0.1) is 50.1 Å². The van der Waals surface area contributed by atoms with Gasteiger partial charge in [0.25, 0.3) is 0 Å². The summed E-state index contributed by atoms with van der Waals surface area (Å²) in [4.78, 5) is 27.5. The minimum Gasteiger partial charge on any atom is -0.309 e. The standard InChI is InChI=1S/C22H39NO8P2/c1-5-28-32(26,29-6-2)17-12-10-9-11-16-23-21(24)18-14-13-15-19(20(18)22(23)25)33(27,30-7-3)31-8-4/h13,15,18-20H,5-12,14,16-17H2,1-4H3/t18-,19+,20-/m0/s1. The molecule has 33 heavy (non-hydrogen) atoms. The molecule has 3 atom stereocenters. The van der Waals surface area contributed by atoms with E-state index in [9.17, 15) is 18.7 Å². The number of imide groups is 1. The Balaban J connectivity index is 1.92. The van der Waals surface area contributed by atoms with Gasteiger partial charge in [-0.15, -0.1) is 0 Å². The molecule has 0 bridgehead atoms. The van der Waals surface area contributed by atoms with Crippen LogP contribution in [0.5, 0.6) is 0 Å². The molecule has 2 aliphatic rings. The SMILES string of the molecule is CCOP(=O)(CCCCCCN1C(=O)[C@H]2[C@H](CC=C[C@H]2P(=O)(OCC)OCC)C1=O)OCC. The molecule has 2 amide bonds. The van der Waals surface area contributed by atoms with Crippen LogP contribution in [0.4, 0.5) is 0 Å². The molecule has 1 fully saturated rings. The highest BCUT2D eigenvalue weighted by Gasteiger charge is 2.56. The van der Waals surface area contributed by atoms with Gasteiger partial charge in [-0.25, -0.2) is 0 Å². The van der Waals surface area contributed by atoms with E-state index in [-0.39, 0.29) is 25.0 Å². The summed E-state index contributed by atoms with van der Waals surface area (Å²) in [6, 6.07) is 0. The van der Waals surface area contributed by atoms with Crippen LogP contribution in [-0.2, 0) is 36.8 Å². The van der Waals surface area contributed by atoms with Gasteiger partial charge in [-0.2, -0.15) is 0 Å². The van der Waals surface area contributed by atoms with Gasteiger partial charge >= 0.3 is 15.2 Å². The molecule has 0 aromatic heterocycles. The Labute approximate surface area is 197 Å². The Hall–Kier alpha value is -0.820. The van der Waals surface area contributed by atoms with E-state index in [0.717, 1.165) is 12.8 Å². The predicted octanol–water partition coefficient (Wildman–Crippen LogP) is 5.01. The number of amides is 2. The van der Waals surface area contributed by atoms with Crippen molar-refractivity contribution in [2.45, 2.75) is 65.5 Å². The maximum Gasteiger partial charge on any atom is 0.338 e. The third kappa shape index (κ3) is 7.09. The van der Waals surface area contributed by atoms with Crippen LogP contribution in [-0.4, -0.2) is 61.5 Å². The van der Waals surface area contributed by atoms with Crippen LogP contribution >= 0.6 is 15.2 Å². The maximum absolute atomic E-state index is 13.4. The van der Waals surface area contributed by atoms with Gasteiger partial charge in [0.1, 0.15) is 0 Å². The molecule has 1 saturated heterocycles. The van der Waals surface area contributed by atoms with Gasteiger partial charge in [-0.1, -0.05) is 25.0 Å². The van der Waals surface area contributed by atoms with Crippen LogP contribution in [0.15, 0.2) is 12.2 Å². The highest BCUT2D eigenvalue weighted by Crippen LogP contribution is 2.59. The Bertz CT molecular complexity index is 766. The third-order valence-electron chi connectivity index (χ3n) is 5.86. The highest BCUT2D eigenvalue weighted by atomic mass is 31.2. The second-order valence-corrected chi connectivity index (χ2v) is 12.5. The van der Waals surface area contributed by atoms with E-state index in [4.69, 9.17) is 18.1 Å². The van der Waals surface area contributed by atoms with Crippen molar-refractivity contribution >= 4 is 27.0 Å². The number of likely N-dealkylation sites (tertiary alicyclic amines) is 1. The van der Waals surface area contributed by atoms with Crippen molar-refractivity contribution in [3.63, 3.8) is 0 Å².